The average Bonchev–Trinajstić information content (AvgIpc) is 2.49. The molecule has 1 aromatic rings. The molecule has 0 spiro atoms. The molecule has 2 rings (SSSR count). The maximum Gasteiger partial charge on any atom is 0.328 e. The van der Waals surface area contributed by atoms with E-state index in [2.05, 4.69) is 5.32 Å². The summed E-state index contributed by atoms with van der Waals surface area (Å²) in [6.07, 6.45) is 2.35. The summed E-state index contributed by atoms with van der Waals surface area (Å²) >= 11 is 0. The molecule has 16 heavy (non-hydrogen) atoms. The van der Waals surface area contributed by atoms with Gasteiger partial charge in [0.15, 0.2) is 0 Å². The normalized spacial score (nSPS) is 19.2. The molecular formula is C12H14FNO2. The number of ether oxygens (including phenoxy) is 1. The molecule has 1 aliphatic rings. The third-order valence-electron chi connectivity index (χ3n) is 2.82. The number of methoxy groups -OCH3 is 1. The lowest BCUT2D eigenvalue weighted by atomic mass is 10.1. The molecule has 1 heterocycles. The molecule has 86 valence electrons. The minimum Gasteiger partial charge on any atom is -0.467 e. The van der Waals surface area contributed by atoms with Gasteiger partial charge in [-0.25, -0.2) is 9.18 Å². The van der Waals surface area contributed by atoms with Gasteiger partial charge in [0.2, 0.25) is 0 Å². The monoisotopic (exact) mass is 223 g/mol. The first-order valence-corrected chi connectivity index (χ1v) is 5.33. The Morgan fingerprint density at radius 1 is 1.56 bits per heavy atom. The number of carbonyl (C=O) groups excluding carboxylic acids is 1. The smallest absolute Gasteiger partial charge is 0.328 e. The SMILES string of the molecule is COC(=O)C1CCCc2cc(F)ccc2N1. The number of halogens is 1. The number of benzene rings is 1. The predicted octanol–water partition coefficient (Wildman–Crippen LogP) is 2.12. The van der Waals surface area contributed by atoms with Crippen LogP contribution >= 0.6 is 0 Å². The summed E-state index contributed by atoms with van der Waals surface area (Å²) < 4.78 is 17.7. The van der Waals surface area contributed by atoms with Crippen LogP contribution in [0.3, 0.4) is 0 Å². The lowest BCUT2D eigenvalue weighted by molar-refractivity contribution is -0.141. The van der Waals surface area contributed by atoms with Gasteiger partial charge < -0.3 is 10.1 Å². The van der Waals surface area contributed by atoms with Crippen LogP contribution in [-0.4, -0.2) is 19.1 Å². The maximum absolute atomic E-state index is 13.0. The minimum atomic E-state index is -0.322. The zero-order chi connectivity index (χ0) is 11.5. The van der Waals surface area contributed by atoms with Crippen molar-refractivity contribution in [2.75, 3.05) is 12.4 Å². The molecule has 3 nitrogen and oxygen atoms in total. The molecule has 1 unspecified atom stereocenters. The van der Waals surface area contributed by atoms with Crippen molar-refractivity contribution in [2.45, 2.75) is 25.3 Å². The third kappa shape index (κ3) is 2.15. The molecule has 1 N–H and O–H groups in total. The number of esters is 1. The van der Waals surface area contributed by atoms with E-state index in [0.29, 0.717) is 6.42 Å². The van der Waals surface area contributed by atoms with Gasteiger partial charge in [0, 0.05) is 5.69 Å². The van der Waals surface area contributed by atoms with Gasteiger partial charge in [0.05, 0.1) is 7.11 Å². The Bertz CT molecular complexity index is 406. The summed E-state index contributed by atoms with van der Waals surface area (Å²) in [5.41, 5.74) is 1.75. The number of aryl methyl sites for hydroxylation is 1. The van der Waals surface area contributed by atoms with Crippen LogP contribution in [-0.2, 0) is 16.0 Å². The quantitative estimate of drug-likeness (QED) is 0.741. The largest absolute Gasteiger partial charge is 0.467 e. The topological polar surface area (TPSA) is 38.3 Å². The van der Waals surface area contributed by atoms with Crippen LogP contribution in [0.1, 0.15) is 18.4 Å². The Balaban J connectivity index is 2.24. The molecule has 0 bridgehead atoms. The summed E-state index contributed by atoms with van der Waals surface area (Å²) in [6.45, 7) is 0. The fourth-order valence-electron chi connectivity index (χ4n) is 1.99. The van der Waals surface area contributed by atoms with E-state index in [1.807, 2.05) is 0 Å². The highest BCUT2D eigenvalue weighted by molar-refractivity contribution is 5.79. The summed E-state index contributed by atoms with van der Waals surface area (Å²) in [5, 5.41) is 3.10. The summed E-state index contributed by atoms with van der Waals surface area (Å²) in [4.78, 5) is 11.4. The average molecular weight is 223 g/mol. The second-order valence-electron chi connectivity index (χ2n) is 3.91. The molecule has 0 aromatic heterocycles. The Morgan fingerprint density at radius 2 is 2.38 bits per heavy atom. The van der Waals surface area contributed by atoms with Crippen molar-refractivity contribution in [3.63, 3.8) is 0 Å². The van der Waals surface area contributed by atoms with Crippen molar-refractivity contribution in [1.29, 1.82) is 0 Å². The molecule has 1 atom stereocenters. The highest BCUT2D eigenvalue weighted by Crippen LogP contribution is 2.25. The number of hydrogen-bond donors (Lipinski definition) is 1. The maximum atomic E-state index is 13.0. The molecule has 0 aliphatic carbocycles. The van der Waals surface area contributed by atoms with Gasteiger partial charge in [-0.1, -0.05) is 0 Å². The van der Waals surface area contributed by atoms with Crippen LogP contribution in [0.15, 0.2) is 18.2 Å². The van der Waals surface area contributed by atoms with E-state index in [0.717, 1.165) is 24.1 Å². The molecular weight excluding hydrogens is 209 g/mol. The Morgan fingerprint density at radius 3 is 3.12 bits per heavy atom. The molecule has 1 aliphatic heterocycles. The minimum absolute atomic E-state index is 0.239. The van der Waals surface area contributed by atoms with E-state index in [1.54, 1.807) is 6.07 Å². The van der Waals surface area contributed by atoms with Crippen LogP contribution < -0.4 is 5.32 Å². The number of nitrogens with one attached hydrogen (secondary N) is 1. The van der Waals surface area contributed by atoms with Gasteiger partial charge >= 0.3 is 5.97 Å². The summed E-state index contributed by atoms with van der Waals surface area (Å²) in [6, 6.07) is 4.26. The fraction of sp³-hybridized carbons (Fsp3) is 0.417. The number of hydrogen-bond acceptors (Lipinski definition) is 3. The van der Waals surface area contributed by atoms with Crippen LogP contribution in [0, 0.1) is 5.82 Å². The summed E-state index contributed by atoms with van der Waals surface area (Å²) in [7, 11) is 1.38. The van der Waals surface area contributed by atoms with Crippen LogP contribution in [0.2, 0.25) is 0 Å². The molecule has 0 fully saturated rings. The van der Waals surface area contributed by atoms with Gasteiger partial charge in [-0.2, -0.15) is 0 Å². The summed E-state index contributed by atoms with van der Waals surface area (Å²) in [5.74, 6) is -0.505. The second kappa shape index (κ2) is 4.51. The predicted molar refractivity (Wildman–Crippen MR) is 58.8 cm³/mol. The number of anilines is 1. The molecule has 0 saturated heterocycles. The highest BCUT2D eigenvalue weighted by Gasteiger charge is 2.22. The first kappa shape index (κ1) is 10.9. The fourth-order valence-corrected chi connectivity index (χ4v) is 1.99. The van der Waals surface area contributed by atoms with E-state index in [-0.39, 0.29) is 17.8 Å². The van der Waals surface area contributed by atoms with Crippen molar-refractivity contribution in [2.24, 2.45) is 0 Å². The molecule has 0 amide bonds. The second-order valence-corrected chi connectivity index (χ2v) is 3.91. The van der Waals surface area contributed by atoms with E-state index >= 15 is 0 Å². The Kier molecular flexibility index (Phi) is 3.08. The van der Waals surface area contributed by atoms with Crippen molar-refractivity contribution < 1.29 is 13.9 Å². The zero-order valence-electron chi connectivity index (χ0n) is 9.13. The lowest BCUT2D eigenvalue weighted by Crippen LogP contribution is -2.29. The third-order valence-corrected chi connectivity index (χ3v) is 2.82. The van der Waals surface area contributed by atoms with Crippen molar-refractivity contribution in [1.82, 2.24) is 0 Å². The molecule has 0 saturated carbocycles. The number of fused-ring (bicyclic) bond motifs is 1. The highest BCUT2D eigenvalue weighted by atomic mass is 19.1. The van der Waals surface area contributed by atoms with Crippen LogP contribution in [0.5, 0.6) is 0 Å². The number of carbonyl (C=O) groups is 1. The molecule has 0 radical (unpaired) electrons. The van der Waals surface area contributed by atoms with E-state index in [4.69, 9.17) is 4.74 Å². The van der Waals surface area contributed by atoms with Crippen molar-refractivity contribution in [3.05, 3.63) is 29.6 Å². The molecule has 4 heteroatoms. The number of rotatable bonds is 1. The van der Waals surface area contributed by atoms with Crippen molar-refractivity contribution >= 4 is 11.7 Å². The van der Waals surface area contributed by atoms with Crippen LogP contribution in [0.4, 0.5) is 10.1 Å². The van der Waals surface area contributed by atoms with Gasteiger partial charge in [-0.05, 0) is 43.0 Å². The van der Waals surface area contributed by atoms with E-state index in [9.17, 15) is 9.18 Å². The van der Waals surface area contributed by atoms with Crippen molar-refractivity contribution in [3.8, 4) is 0 Å². The Hall–Kier alpha value is -1.58. The van der Waals surface area contributed by atoms with E-state index in [1.165, 1.54) is 19.2 Å². The molecule has 1 aromatic carbocycles. The standard InChI is InChI=1S/C12H14FNO2/c1-16-12(15)11-4-2-3-8-7-9(13)5-6-10(8)14-11/h5-7,11,14H,2-4H2,1H3. The van der Waals surface area contributed by atoms with E-state index < -0.39 is 0 Å². The Labute approximate surface area is 93.6 Å². The van der Waals surface area contributed by atoms with Gasteiger partial charge in [-0.3, -0.25) is 0 Å². The van der Waals surface area contributed by atoms with Gasteiger partial charge in [-0.15, -0.1) is 0 Å². The first-order valence-electron chi connectivity index (χ1n) is 5.33. The van der Waals surface area contributed by atoms with Gasteiger partial charge in [0.25, 0.3) is 0 Å². The zero-order valence-corrected chi connectivity index (χ0v) is 9.13. The van der Waals surface area contributed by atoms with Crippen LogP contribution in [0.25, 0.3) is 0 Å². The first-order chi connectivity index (χ1) is 7.70. The lowest BCUT2D eigenvalue weighted by Gasteiger charge is -2.15. The van der Waals surface area contributed by atoms with Gasteiger partial charge in [0.1, 0.15) is 11.9 Å².